The average molecular weight is 300 g/mol. The van der Waals surface area contributed by atoms with Crippen LogP contribution in [0.4, 0.5) is 0 Å². The second kappa shape index (κ2) is 5.99. The third kappa shape index (κ3) is 3.71. The highest BCUT2D eigenvalue weighted by Crippen LogP contribution is 2.42. The summed E-state index contributed by atoms with van der Waals surface area (Å²) in [5, 5.41) is 9.61. The van der Waals surface area contributed by atoms with Crippen molar-refractivity contribution in [3.8, 4) is 0 Å². The third-order valence-corrected chi connectivity index (χ3v) is 9.03. The number of hydrogen-bond acceptors (Lipinski definition) is 4. The second-order valence-corrected chi connectivity index (χ2v) is 11.9. The van der Waals surface area contributed by atoms with Crippen LogP contribution in [0.15, 0.2) is 12.2 Å². The average Bonchev–Trinajstić information content (AvgIpc) is 2.52. The molecule has 0 saturated heterocycles. The SMILES string of the molecule is C=C1[C@H](O[Si](C)(C)C(C)(C)C)C[C@H](OC(C)=O)[C@H]1CO. The first kappa shape index (κ1) is 17.4. The van der Waals surface area contributed by atoms with Crippen LogP contribution in [0.2, 0.25) is 18.1 Å². The highest BCUT2D eigenvalue weighted by Gasteiger charge is 2.45. The molecule has 0 unspecified atom stereocenters. The van der Waals surface area contributed by atoms with E-state index in [-0.39, 0.29) is 35.7 Å². The quantitative estimate of drug-likeness (QED) is 0.493. The molecule has 1 rings (SSSR count). The topological polar surface area (TPSA) is 55.8 Å². The highest BCUT2D eigenvalue weighted by atomic mass is 28.4. The standard InChI is InChI=1S/C15H28O4Si/c1-10-12(9-16)14(18-11(2)17)8-13(10)19-20(6,7)15(3,4)5/h12-14,16H,1,8-9H2,2-7H3/t12-,13+,14-/m0/s1. The lowest BCUT2D eigenvalue weighted by atomic mass is 10.0. The van der Waals surface area contributed by atoms with Gasteiger partial charge in [0.2, 0.25) is 0 Å². The first-order valence-corrected chi connectivity index (χ1v) is 10.0. The minimum absolute atomic E-state index is 0.0614. The number of rotatable bonds is 4. The zero-order chi connectivity index (χ0) is 15.7. The molecule has 0 amide bonds. The zero-order valence-corrected chi connectivity index (χ0v) is 14.5. The van der Waals surface area contributed by atoms with Gasteiger partial charge < -0.3 is 14.3 Å². The van der Waals surface area contributed by atoms with Gasteiger partial charge in [-0.05, 0) is 23.7 Å². The van der Waals surface area contributed by atoms with Gasteiger partial charge in [0, 0.05) is 19.3 Å². The van der Waals surface area contributed by atoms with Crippen LogP contribution < -0.4 is 0 Å². The smallest absolute Gasteiger partial charge is 0.302 e. The fraction of sp³-hybridized carbons (Fsp3) is 0.800. The van der Waals surface area contributed by atoms with Crippen LogP contribution in [0.1, 0.15) is 34.1 Å². The number of carbonyl (C=O) groups excluding carboxylic acids is 1. The summed E-state index contributed by atoms with van der Waals surface area (Å²) in [6.45, 7) is 16.3. The van der Waals surface area contributed by atoms with Gasteiger partial charge in [-0.3, -0.25) is 4.79 Å². The molecule has 20 heavy (non-hydrogen) atoms. The van der Waals surface area contributed by atoms with Gasteiger partial charge in [0.05, 0.1) is 12.7 Å². The molecule has 1 aliphatic rings. The Bertz CT molecular complexity index is 384. The molecule has 0 aromatic heterocycles. The lowest BCUT2D eigenvalue weighted by Gasteiger charge is -2.38. The van der Waals surface area contributed by atoms with E-state index in [1.165, 1.54) is 6.92 Å². The molecule has 0 heterocycles. The molecule has 5 heteroatoms. The van der Waals surface area contributed by atoms with E-state index in [0.717, 1.165) is 5.57 Å². The molecule has 1 saturated carbocycles. The Balaban J connectivity index is 2.83. The van der Waals surface area contributed by atoms with Gasteiger partial charge in [-0.1, -0.05) is 27.4 Å². The Morgan fingerprint density at radius 2 is 2.00 bits per heavy atom. The summed E-state index contributed by atoms with van der Waals surface area (Å²) in [7, 11) is -1.91. The molecular formula is C15H28O4Si. The van der Waals surface area contributed by atoms with Crippen molar-refractivity contribution in [2.75, 3.05) is 6.61 Å². The predicted octanol–water partition coefficient (Wildman–Crippen LogP) is 2.88. The number of aliphatic hydroxyl groups excluding tert-OH is 1. The summed E-state index contributed by atoms with van der Waals surface area (Å²) in [5.41, 5.74) is 0.851. The number of hydrogen-bond donors (Lipinski definition) is 1. The van der Waals surface area contributed by atoms with Crippen molar-refractivity contribution in [2.45, 2.75) is 64.5 Å². The van der Waals surface area contributed by atoms with E-state index in [2.05, 4.69) is 40.4 Å². The van der Waals surface area contributed by atoms with E-state index in [9.17, 15) is 9.90 Å². The number of esters is 1. The fourth-order valence-corrected chi connectivity index (χ4v) is 3.55. The molecule has 0 aromatic carbocycles. The molecular weight excluding hydrogens is 272 g/mol. The van der Waals surface area contributed by atoms with Gasteiger partial charge in [-0.2, -0.15) is 0 Å². The van der Waals surface area contributed by atoms with Gasteiger partial charge in [-0.15, -0.1) is 0 Å². The molecule has 0 aromatic rings. The molecule has 1 fully saturated rings. The normalized spacial score (nSPS) is 27.8. The number of ether oxygens (including phenoxy) is 1. The van der Waals surface area contributed by atoms with Crippen molar-refractivity contribution in [3.63, 3.8) is 0 Å². The largest absolute Gasteiger partial charge is 0.462 e. The van der Waals surface area contributed by atoms with E-state index >= 15 is 0 Å². The Morgan fingerprint density at radius 1 is 1.45 bits per heavy atom. The molecule has 0 spiro atoms. The van der Waals surface area contributed by atoms with Crippen LogP contribution in [-0.2, 0) is 14.0 Å². The summed E-state index contributed by atoms with van der Waals surface area (Å²) in [5.74, 6) is -0.539. The Morgan fingerprint density at radius 3 is 2.40 bits per heavy atom. The number of carbonyl (C=O) groups is 1. The molecule has 0 aliphatic heterocycles. The lowest BCUT2D eigenvalue weighted by Crippen LogP contribution is -2.43. The van der Waals surface area contributed by atoms with Crippen molar-refractivity contribution in [1.82, 2.24) is 0 Å². The van der Waals surface area contributed by atoms with Crippen molar-refractivity contribution in [2.24, 2.45) is 5.92 Å². The summed E-state index contributed by atoms with van der Waals surface area (Å²) in [6, 6.07) is 0. The Hall–Kier alpha value is -0.653. The zero-order valence-electron chi connectivity index (χ0n) is 13.5. The van der Waals surface area contributed by atoms with Gasteiger partial charge in [0.25, 0.3) is 0 Å². The van der Waals surface area contributed by atoms with Gasteiger partial charge in [0.1, 0.15) is 6.10 Å². The Kier molecular flexibility index (Phi) is 5.22. The third-order valence-electron chi connectivity index (χ3n) is 4.54. The molecule has 116 valence electrons. The van der Waals surface area contributed by atoms with Crippen LogP contribution >= 0.6 is 0 Å². The van der Waals surface area contributed by atoms with Gasteiger partial charge in [-0.25, -0.2) is 0 Å². The van der Waals surface area contributed by atoms with Crippen LogP contribution in [0.5, 0.6) is 0 Å². The van der Waals surface area contributed by atoms with E-state index in [1.807, 2.05) is 0 Å². The van der Waals surface area contributed by atoms with E-state index in [0.29, 0.717) is 6.42 Å². The maximum Gasteiger partial charge on any atom is 0.302 e. The molecule has 4 nitrogen and oxygen atoms in total. The van der Waals surface area contributed by atoms with Crippen LogP contribution in [0.3, 0.4) is 0 Å². The first-order chi connectivity index (χ1) is 8.99. The first-order valence-electron chi connectivity index (χ1n) is 7.14. The minimum atomic E-state index is -1.91. The molecule has 0 radical (unpaired) electrons. The van der Waals surface area contributed by atoms with Gasteiger partial charge in [0.15, 0.2) is 8.32 Å². The minimum Gasteiger partial charge on any atom is -0.462 e. The fourth-order valence-electron chi connectivity index (χ4n) is 2.24. The monoisotopic (exact) mass is 300 g/mol. The molecule has 3 atom stereocenters. The molecule has 1 N–H and O–H groups in total. The lowest BCUT2D eigenvalue weighted by molar-refractivity contribution is -0.148. The second-order valence-electron chi connectivity index (χ2n) is 7.11. The van der Waals surface area contributed by atoms with E-state index in [1.54, 1.807) is 0 Å². The van der Waals surface area contributed by atoms with Crippen LogP contribution in [-0.4, -0.2) is 38.2 Å². The van der Waals surface area contributed by atoms with Crippen molar-refractivity contribution in [3.05, 3.63) is 12.2 Å². The number of aliphatic hydroxyl groups is 1. The highest BCUT2D eigenvalue weighted by molar-refractivity contribution is 6.74. The van der Waals surface area contributed by atoms with Gasteiger partial charge >= 0.3 is 5.97 Å². The van der Waals surface area contributed by atoms with Crippen LogP contribution in [0.25, 0.3) is 0 Å². The molecule has 0 bridgehead atoms. The summed E-state index contributed by atoms with van der Waals surface area (Å²) in [4.78, 5) is 11.2. The molecule has 1 aliphatic carbocycles. The van der Waals surface area contributed by atoms with Crippen molar-refractivity contribution in [1.29, 1.82) is 0 Å². The maximum absolute atomic E-state index is 11.2. The van der Waals surface area contributed by atoms with Crippen LogP contribution in [0, 0.1) is 5.92 Å². The van der Waals surface area contributed by atoms with E-state index in [4.69, 9.17) is 9.16 Å². The van der Waals surface area contributed by atoms with Crippen molar-refractivity contribution < 1.29 is 19.1 Å². The maximum atomic E-state index is 11.2. The summed E-state index contributed by atoms with van der Waals surface area (Å²) >= 11 is 0. The Labute approximate surface area is 123 Å². The van der Waals surface area contributed by atoms with Crippen molar-refractivity contribution >= 4 is 14.3 Å². The summed E-state index contributed by atoms with van der Waals surface area (Å²) < 4.78 is 11.6. The predicted molar refractivity (Wildman–Crippen MR) is 82.0 cm³/mol. The van der Waals surface area contributed by atoms with E-state index < -0.39 is 8.32 Å². The summed E-state index contributed by atoms with van der Waals surface area (Å²) in [6.07, 6.45) is 0.146.